The monoisotopic (exact) mass is 575 g/mol. The SMILES string of the molecule is CC[C@H](C(=O)NC(C)(C)C)N(Cc1ccc(Cl)c(Cl)c1)C(=O)CN(c1ccc(Cl)cc1C)S(C)(=O)=O. The van der Waals surface area contributed by atoms with Gasteiger partial charge in [-0.25, -0.2) is 8.42 Å². The number of nitrogens with one attached hydrogen (secondary N) is 1. The lowest BCUT2D eigenvalue weighted by atomic mass is 10.1. The first-order valence-corrected chi connectivity index (χ1v) is 14.3. The molecule has 0 radical (unpaired) electrons. The van der Waals surface area contributed by atoms with Gasteiger partial charge in [-0.3, -0.25) is 13.9 Å². The molecular formula is C25H32Cl3N3O4S. The van der Waals surface area contributed by atoms with Crippen LogP contribution in [0.2, 0.25) is 15.1 Å². The molecule has 2 rings (SSSR count). The van der Waals surface area contributed by atoms with Crippen LogP contribution in [0.25, 0.3) is 0 Å². The lowest BCUT2D eigenvalue weighted by molar-refractivity contribution is -0.141. The van der Waals surface area contributed by atoms with Crippen molar-refractivity contribution in [3.8, 4) is 0 Å². The van der Waals surface area contributed by atoms with Crippen LogP contribution in [0.4, 0.5) is 5.69 Å². The first kappa shape index (κ1) is 30.2. The summed E-state index contributed by atoms with van der Waals surface area (Å²) in [4.78, 5) is 28.3. The molecule has 2 aromatic rings. The smallest absolute Gasteiger partial charge is 0.244 e. The number of carbonyl (C=O) groups excluding carboxylic acids is 2. The Labute approximate surface area is 228 Å². The molecule has 0 aliphatic carbocycles. The van der Waals surface area contributed by atoms with Crippen molar-refractivity contribution in [2.24, 2.45) is 0 Å². The van der Waals surface area contributed by atoms with Gasteiger partial charge in [-0.05, 0) is 75.6 Å². The largest absolute Gasteiger partial charge is 0.350 e. The summed E-state index contributed by atoms with van der Waals surface area (Å²) in [6, 6.07) is 8.83. The first-order valence-electron chi connectivity index (χ1n) is 11.3. The fourth-order valence-corrected chi connectivity index (χ4v) is 5.15. The van der Waals surface area contributed by atoms with Gasteiger partial charge in [0.1, 0.15) is 12.6 Å². The van der Waals surface area contributed by atoms with E-state index in [9.17, 15) is 18.0 Å². The molecule has 7 nitrogen and oxygen atoms in total. The topological polar surface area (TPSA) is 86.8 Å². The minimum absolute atomic E-state index is 0.0307. The van der Waals surface area contributed by atoms with Crippen LogP contribution in [-0.4, -0.2) is 49.5 Å². The molecule has 0 bridgehead atoms. The van der Waals surface area contributed by atoms with E-state index in [1.54, 1.807) is 50.2 Å². The molecule has 0 spiro atoms. The van der Waals surface area contributed by atoms with E-state index in [-0.39, 0.29) is 12.5 Å². The summed E-state index contributed by atoms with van der Waals surface area (Å²) in [7, 11) is -3.84. The van der Waals surface area contributed by atoms with Gasteiger partial charge in [-0.2, -0.15) is 0 Å². The molecule has 1 N–H and O–H groups in total. The van der Waals surface area contributed by atoms with Crippen molar-refractivity contribution >= 4 is 62.3 Å². The van der Waals surface area contributed by atoms with Crippen LogP contribution in [-0.2, 0) is 26.2 Å². The molecule has 2 aromatic carbocycles. The van der Waals surface area contributed by atoms with Crippen LogP contribution in [0.5, 0.6) is 0 Å². The second-order valence-corrected chi connectivity index (χ2v) is 12.8. The third kappa shape index (κ3) is 8.26. The van der Waals surface area contributed by atoms with Crippen LogP contribution in [0, 0.1) is 6.92 Å². The van der Waals surface area contributed by atoms with E-state index in [4.69, 9.17) is 34.8 Å². The third-order valence-corrected chi connectivity index (χ3v) is 7.43. The maximum absolute atomic E-state index is 13.7. The number of amides is 2. The molecule has 198 valence electrons. The van der Waals surface area contributed by atoms with Crippen LogP contribution in [0.1, 0.15) is 45.2 Å². The highest BCUT2D eigenvalue weighted by Crippen LogP contribution is 2.27. The van der Waals surface area contributed by atoms with Crippen LogP contribution >= 0.6 is 34.8 Å². The van der Waals surface area contributed by atoms with Crippen molar-refractivity contribution in [2.75, 3.05) is 17.1 Å². The Morgan fingerprint density at radius 2 is 1.67 bits per heavy atom. The van der Waals surface area contributed by atoms with Crippen molar-refractivity contribution in [1.29, 1.82) is 0 Å². The molecular weight excluding hydrogens is 545 g/mol. The van der Waals surface area contributed by atoms with Crippen LogP contribution in [0.3, 0.4) is 0 Å². The number of halogens is 3. The van der Waals surface area contributed by atoms with Gasteiger partial charge in [0.2, 0.25) is 21.8 Å². The van der Waals surface area contributed by atoms with E-state index in [0.29, 0.717) is 38.3 Å². The maximum atomic E-state index is 13.7. The predicted octanol–water partition coefficient (Wildman–Crippen LogP) is 5.44. The quantitative estimate of drug-likeness (QED) is 0.430. The molecule has 11 heteroatoms. The zero-order valence-corrected chi connectivity index (χ0v) is 24.3. The fourth-order valence-electron chi connectivity index (χ4n) is 3.70. The van der Waals surface area contributed by atoms with Gasteiger partial charge in [0.05, 0.1) is 22.0 Å². The Morgan fingerprint density at radius 3 is 2.17 bits per heavy atom. The van der Waals surface area contributed by atoms with E-state index >= 15 is 0 Å². The molecule has 0 aliphatic rings. The Bertz CT molecular complexity index is 1230. The van der Waals surface area contributed by atoms with Crippen LogP contribution in [0.15, 0.2) is 36.4 Å². The second-order valence-electron chi connectivity index (χ2n) is 9.63. The van der Waals surface area contributed by atoms with Crippen molar-refractivity contribution in [1.82, 2.24) is 10.2 Å². The number of anilines is 1. The number of hydrogen-bond donors (Lipinski definition) is 1. The van der Waals surface area contributed by atoms with Crippen molar-refractivity contribution in [3.63, 3.8) is 0 Å². The molecule has 0 aliphatic heterocycles. The van der Waals surface area contributed by atoms with Gasteiger partial charge in [0.25, 0.3) is 0 Å². The Morgan fingerprint density at radius 1 is 1.03 bits per heavy atom. The van der Waals surface area contributed by atoms with E-state index in [0.717, 1.165) is 10.6 Å². The number of hydrogen-bond acceptors (Lipinski definition) is 4. The Balaban J connectivity index is 2.52. The summed E-state index contributed by atoms with van der Waals surface area (Å²) >= 11 is 18.3. The number of aryl methyl sites for hydroxylation is 1. The zero-order valence-electron chi connectivity index (χ0n) is 21.2. The highest BCUT2D eigenvalue weighted by Gasteiger charge is 2.33. The third-order valence-electron chi connectivity index (χ3n) is 5.33. The van der Waals surface area contributed by atoms with E-state index in [1.165, 1.54) is 4.90 Å². The molecule has 2 amide bonds. The number of sulfonamides is 1. The molecule has 0 unspecified atom stereocenters. The molecule has 0 fully saturated rings. The lowest BCUT2D eigenvalue weighted by Gasteiger charge is -2.34. The number of benzene rings is 2. The van der Waals surface area contributed by atoms with E-state index < -0.39 is 34.1 Å². The zero-order chi connectivity index (χ0) is 27.4. The minimum atomic E-state index is -3.84. The number of rotatable bonds is 9. The van der Waals surface area contributed by atoms with Crippen molar-refractivity contribution < 1.29 is 18.0 Å². The average Bonchev–Trinajstić information content (AvgIpc) is 2.72. The van der Waals surface area contributed by atoms with E-state index in [1.807, 2.05) is 20.8 Å². The van der Waals surface area contributed by atoms with Gasteiger partial charge in [-0.1, -0.05) is 47.8 Å². The minimum Gasteiger partial charge on any atom is -0.350 e. The average molecular weight is 577 g/mol. The lowest BCUT2D eigenvalue weighted by Crippen LogP contribution is -2.55. The second kappa shape index (κ2) is 12.0. The van der Waals surface area contributed by atoms with Crippen molar-refractivity contribution in [3.05, 3.63) is 62.6 Å². The van der Waals surface area contributed by atoms with Gasteiger partial charge in [-0.15, -0.1) is 0 Å². The standard InChI is InChI=1S/C25H32Cl3N3O4S/c1-7-21(24(33)29-25(3,4)5)30(14-17-8-10-19(27)20(28)13-17)23(32)15-31(36(6,34)35)22-11-9-18(26)12-16(22)2/h8-13,21H,7,14-15H2,1-6H3,(H,29,33)/t21-/m1/s1. The van der Waals surface area contributed by atoms with Gasteiger partial charge in [0, 0.05) is 17.1 Å². The highest BCUT2D eigenvalue weighted by molar-refractivity contribution is 7.92. The molecule has 0 saturated carbocycles. The number of nitrogens with zero attached hydrogens (tertiary/aromatic N) is 2. The van der Waals surface area contributed by atoms with Gasteiger partial charge >= 0.3 is 0 Å². The Hall–Kier alpha value is -2.00. The summed E-state index contributed by atoms with van der Waals surface area (Å²) in [5.41, 5.74) is 1.04. The fraction of sp³-hybridized carbons (Fsp3) is 0.440. The van der Waals surface area contributed by atoms with Crippen molar-refractivity contribution in [2.45, 2.75) is 59.2 Å². The molecule has 0 heterocycles. The summed E-state index contributed by atoms with van der Waals surface area (Å²) in [5, 5.41) is 4.03. The summed E-state index contributed by atoms with van der Waals surface area (Å²) in [6.07, 6.45) is 1.34. The summed E-state index contributed by atoms with van der Waals surface area (Å²) in [5.74, 6) is -0.885. The van der Waals surface area contributed by atoms with Crippen LogP contribution < -0.4 is 9.62 Å². The van der Waals surface area contributed by atoms with Gasteiger partial charge in [0.15, 0.2) is 0 Å². The molecule has 1 atom stereocenters. The summed E-state index contributed by atoms with van der Waals surface area (Å²) in [6.45, 7) is 8.57. The Kier molecular flexibility index (Phi) is 10.1. The summed E-state index contributed by atoms with van der Waals surface area (Å²) < 4.78 is 26.5. The van der Waals surface area contributed by atoms with E-state index in [2.05, 4.69) is 5.32 Å². The molecule has 0 aromatic heterocycles. The highest BCUT2D eigenvalue weighted by atomic mass is 35.5. The predicted molar refractivity (Wildman–Crippen MR) is 147 cm³/mol. The first-order chi connectivity index (χ1) is 16.5. The van der Waals surface area contributed by atoms with Gasteiger partial charge < -0.3 is 10.2 Å². The maximum Gasteiger partial charge on any atom is 0.244 e. The normalized spacial score (nSPS) is 12.7. The molecule has 0 saturated heterocycles. The molecule has 36 heavy (non-hydrogen) atoms. The number of carbonyl (C=O) groups is 2.